The fourth-order valence-electron chi connectivity index (χ4n) is 3.04. The summed E-state index contributed by atoms with van der Waals surface area (Å²) >= 11 is 0. The van der Waals surface area contributed by atoms with Gasteiger partial charge in [-0.1, -0.05) is 57.2 Å². The van der Waals surface area contributed by atoms with Crippen LogP contribution in [-0.4, -0.2) is 16.9 Å². The van der Waals surface area contributed by atoms with Crippen molar-refractivity contribution in [1.29, 1.82) is 0 Å². The quantitative estimate of drug-likeness (QED) is 0.511. The Balaban J connectivity index is 1.97. The summed E-state index contributed by atoms with van der Waals surface area (Å²) in [6, 6.07) is 17.0. The molecular formula is C23H26N4O. The number of benzene rings is 2. The number of fused-ring (bicyclic) bond motifs is 1. The average Bonchev–Trinajstić information content (AvgIpc) is 2.68. The number of pyridine rings is 1. The summed E-state index contributed by atoms with van der Waals surface area (Å²) in [6.45, 7) is 6.56. The van der Waals surface area contributed by atoms with Gasteiger partial charge in [-0.15, -0.1) is 0 Å². The van der Waals surface area contributed by atoms with E-state index in [1.807, 2.05) is 54.6 Å². The van der Waals surface area contributed by atoms with Crippen molar-refractivity contribution in [2.45, 2.75) is 27.2 Å². The van der Waals surface area contributed by atoms with Gasteiger partial charge in [0.05, 0.1) is 16.8 Å². The van der Waals surface area contributed by atoms with Gasteiger partial charge in [0.1, 0.15) is 0 Å². The van der Waals surface area contributed by atoms with Crippen LogP contribution in [0.25, 0.3) is 10.9 Å². The van der Waals surface area contributed by atoms with Crippen molar-refractivity contribution in [1.82, 2.24) is 10.3 Å². The van der Waals surface area contributed by atoms with Crippen LogP contribution in [0.15, 0.2) is 65.8 Å². The summed E-state index contributed by atoms with van der Waals surface area (Å²) in [4.78, 5) is 21.9. The van der Waals surface area contributed by atoms with Crippen LogP contribution in [0.4, 0.5) is 5.69 Å². The van der Waals surface area contributed by atoms with E-state index in [4.69, 9.17) is 5.73 Å². The number of carbonyl (C=O) groups excluding carboxylic acids is 1. The second-order valence-electron chi connectivity index (χ2n) is 7.39. The number of hydrogen-bond donors (Lipinski definition) is 2. The van der Waals surface area contributed by atoms with E-state index < -0.39 is 0 Å². The van der Waals surface area contributed by atoms with Gasteiger partial charge in [-0.3, -0.25) is 15.1 Å². The number of amides is 1. The van der Waals surface area contributed by atoms with Crippen LogP contribution in [0.3, 0.4) is 0 Å². The molecular weight excluding hydrogens is 348 g/mol. The number of carbonyl (C=O) groups is 1. The molecule has 1 atom stereocenters. The Morgan fingerprint density at radius 2 is 1.75 bits per heavy atom. The molecule has 3 N–H and O–H groups in total. The molecule has 2 aromatic carbocycles. The van der Waals surface area contributed by atoms with Crippen LogP contribution in [0, 0.1) is 11.8 Å². The summed E-state index contributed by atoms with van der Waals surface area (Å²) in [5.41, 5.74) is 9.00. The number of hydrogen-bond acceptors (Lipinski definition) is 3. The third-order valence-electron chi connectivity index (χ3n) is 5.01. The number of aliphatic imine (C=N–C) groups is 1. The van der Waals surface area contributed by atoms with E-state index >= 15 is 0 Å². The van der Waals surface area contributed by atoms with Gasteiger partial charge in [0, 0.05) is 11.6 Å². The van der Waals surface area contributed by atoms with Crippen molar-refractivity contribution in [3.8, 4) is 0 Å². The van der Waals surface area contributed by atoms with E-state index in [0.29, 0.717) is 23.1 Å². The molecule has 0 aliphatic rings. The van der Waals surface area contributed by atoms with E-state index in [0.717, 1.165) is 22.9 Å². The number of aromatic nitrogens is 1. The molecule has 3 rings (SSSR count). The highest BCUT2D eigenvalue weighted by atomic mass is 16.1. The fourth-order valence-corrected chi connectivity index (χ4v) is 3.04. The van der Waals surface area contributed by atoms with E-state index in [1.165, 1.54) is 0 Å². The third-order valence-corrected chi connectivity index (χ3v) is 5.01. The lowest BCUT2D eigenvalue weighted by molar-refractivity contribution is 0.0977. The molecule has 0 radical (unpaired) electrons. The Morgan fingerprint density at radius 3 is 2.46 bits per heavy atom. The van der Waals surface area contributed by atoms with Crippen LogP contribution in [0.1, 0.15) is 36.7 Å². The molecule has 144 valence electrons. The molecule has 0 fully saturated rings. The lowest BCUT2D eigenvalue weighted by Gasteiger charge is -2.18. The zero-order valence-electron chi connectivity index (χ0n) is 16.5. The van der Waals surface area contributed by atoms with Crippen LogP contribution >= 0.6 is 0 Å². The maximum atomic E-state index is 13.1. The second kappa shape index (κ2) is 8.65. The molecule has 0 saturated heterocycles. The van der Waals surface area contributed by atoms with E-state index in [-0.39, 0.29) is 11.9 Å². The number of guanidine groups is 1. The number of nitrogens with two attached hydrogens (primary N) is 1. The Morgan fingerprint density at radius 1 is 1.07 bits per heavy atom. The average molecular weight is 374 g/mol. The van der Waals surface area contributed by atoms with Gasteiger partial charge < -0.3 is 5.73 Å². The largest absolute Gasteiger partial charge is 0.369 e. The Kier molecular flexibility index (Phi) is 6.04. The maximum Gasteiger partial charge on any atom is 0.258 e. The maximum absolute atomic E-state index is 13.1. The van der Waals surface area contributed by atoms with Crippen molar-refractivity contribution in [2.75, 3.05) is 0 Å². The first-order valence-corrected chi connectivity index (χ1v) is 9.53. The minimum Gasteiger partial charge on any atom is -0.369 e. The lowest BCUT2D eigenvalue weighted by atomic mass is 9.88. The fraction of sp³-hybridized carbons (Fsp3) is 0.261. The minimum absolute atomic E-state index is 0.0694. The van der Waals surface area contributed by atoms with Crippen molar-refractivity contribution < 1.29 is 4.79 Å². The normalized spacial score (nSPS) is 12.9. The predicted molar refractivity (Wildman–Crippen MR) is 115 cm³/mol. The van der Waals surface area contributed by atoms with E-state index in [9.17, 15) is 4.79 Å². The molecule has 5 nitrogen and oxygen atoms in total. The van der Waals surface area contributed by atoms with Crippen molar-refractivity contribution >= 4 is 28.5 Å². The summed E-state index contributed by atoms with van der Waals surface area (Å²) in [6.07, 6.45) is 2.58. The molecule has 5 heteroatoms. The predicted octanol–water partition coefficient (Wildman–Crippen LogP) is 4.45. The molecule has 0 bridgehead atoms. The molecule has 0 spiro atoms. The van der Waals surface area contributed by atoms with Gasteiger partial charge in [-0.2, -0.15) is 0 Å². The number of rotatable bonds is 5. The molecule has 1 amide bonds. The first kappa shape index (κ1) is 19.5. The SMILES string of the molecule is CC(C)C(C)Cc1cnc2ccccc2c1C(=O)NC(N)=Nc1ccccc1. The summed E-state index contributed by atoms with van der Waals surface area (Å²) in [5, 5.41) is 3.56. The zero-order chi connectivity index (χ0) is 20.1. The van der Waals surface area contributed by atoms with Gasteiger partial charge in [0.15, 0.2) is 0 Å². The van der Waals surface area contributed by atoms with Gasteiger partial charge in [-0.25, -0.2) is 4.99 Å². The van der Waals surface area contributed by atoms with Crippen molar-refractivity contribution in [3.05, 3.63) is 71.9 Å². The van der Waals surface area contributed by atoms with E-state index in [1.54, 1.807) is 6.20 Å². The number of nitrogens with one attached hydrogen (secondary N) is 1. The molecule has 1 aromatic heterocycles. The van der Waals surface area contributed by atoms with Crippen LogP contribution < -0.4 is 11.1 Å². The van der Waals surface area contributed by atoms with E-state index in [2.05, 4.69) is 36.1 Å². The standard InChI is InChI=1S/C23H26N4O/c1-15(2)16(3)13-17-14-25-20-12-8-7-11-19(20)21(17)22(28)27-23(24)26-18-9-5-4-6-10-18/h4-12,14-16H,13H2,1-3H3,(H3,24,26,27,28). The smallest absolute Gasteiger partial charge is 0.258 e. The second-order valence-corrected chi connectivity index (χ2v) is 7.39. The summed E-state index contributed by atoms with van der Waals surface area (Å²) in [5.74, 6) is 0.735. The summed E-state index contributed by atoms with van der Waals surface area (Å²) in [7, 11) is 0. The Labute approximate surface area is 165 Å². The first-order valence-electron chi connectivity index (χ1n) is 9.53. The van der Waals surface area contributed by atoms with Crippen LogP contribution in [0.2, 0.25) is 0 Å². The van der Waals surface area contributed by atoms with Crippen LogP contribution in [0.5, 0.6) is 0 Å². The van der Waals surface area contributed by atoms with Gasteiger partial charge in [0.25, 0.3) is 5.91 Å². The minimum atomic E-state index is -0.262. The molecule has 3 aromatic rings. The first-order chi connectivity index (χ1) is 13.5. The highest BCUT2D eigenvalue weighted by Crippen LogP contribution is 2.25. The molecule has 1 unspecified atom stereocenters. The van der Waals surface area contributed by atoms with Gasteiger partial charge in [0.2, 0.25) is 5.96 Å². The van der Waals surface area contributed by atoms with Gasteiger partial charge in [-0.05, 0) is 42.0 Å². The van der Waals surface area contributed by atoms with Gasteiger partial charge >= 0.3 is 0 Å². The zero-order valence-corrected chi connectivity index (χ0v) is 16.5. The lowest BCUT2D eigenvalue weighted by Crippen LogP contribution is -2.37. The highest BCUT2D eigenvalue weighted by Gasteiger charge is 2.19. The highest BCUT2D eigenvalue weighted by molar-refractivity contribution is 6.13. The molecule has 28 heavy (non-hydrogen) atoms. The third kappa shape index (κ3) is 4.55. The number of para-hydroxylation sites is 2. The number of nitrogens with zero attached hydrogens (tertiary/aromatic N) is 2. The van der Waals surface area contributed by atoms with Crippen molar-refractivity contribution in [2.24, 2.45) is 22.6 Å². The molecule has 1 heterocycles. The topological polar surface area (TPSA) is 80.4 Å². The monoisotopic (exact) mass is 374 g/mol. The Bertz CT molecular complexity index is 996. The van der Waals surface area contributed by atoms with Crippen LogP contribution in [-0.2, 0) is 6.42 Å². The molecule has 0 aliphatic heterocycles. The molecule has 0 saturated carbocycles. The molecule has 0 aliphatic carbocycles. The van der Waals surface area contributed by atoms with Crippen molar-refractivity contribution in [3.63, 3.8) is 0 Å². The summed E-state index contributed by atoms with van der Waals surface area (Å²) < 4.78 is 0. The Hall–Kier alpha value is -3.21.